The first kappa shape index (κ1) is 13.2. The van der Waals surface area contributed by atoms with Gasteiger partial charge in [-0.05, 0) is 23.8 Å². The summed E-state index contributed by atoms with van der Waals surface area (Å²) < 4.78 is 43.2. The SMILES string of the molecule is CN1CC(c2cc(Br)cc(C(F)(F)F)c2)OC1=O. The lowest BCUT2D eigenvalue weighted by molar-refractivity contribution is -0.137. The second-order valence-electron chi connectivity index (χ2n) is 4.02. The second kappa shape index (κ2) is 4.46. The molecular weight excluding hydrogens is 315 g/mol. The van der Waals surface area contributed by atoms with Crippen LogP contribution in [0.1, 0.15) is 17.2 Å². The number of likely N-dealkylation sites (N-methyl/N-ethyl adjacent to an activating group) is 1. The zero-order valence-corrected chi connectivity index (χ0v) is 10.9. The van der Waals surface area contributed by atoms with E-state index in [0.29, 0.717) is 10.0 Å². The van der Waals surface area contributed by atoms with Gasteiger partial charge in [0.05, 0.1) is 12.1 Å². The van der Waals surface area contributed by atoms with Crippen molar-refractivity contribution in [1.82, 2.24) is 4.90 Å². The number of rotatable bonds is 1. The van der Waals surface area contributed by atoms with Gasteiger partial charge in [-0.3, -0.25) is 0 Å². The van der Waals surface area contributed by atoms with Gasteiger partial charge in [0.15, 0.2) is 0 Å². The summed E-state index contributed by atoms with van der Waals surface area (Å²) in [6, 6.07) is 3.51. The summed E-state index contributed by atoms with van der Waals surface area (Å²) in [4.78, 5) is 12.5. The molecular formula is C11H9BrF3NO2. The number of carbonyl (C=O) groups excluding carboxylic acids is 1. The van der Waals surface area contributed by atoms with E-state index in [1.807, 2.05) is 0 Å². The topological polar surface area (TPSA) is 29.5 Å². The molecule has 1 aliphatic heterocycles. The molecule has 1 aromatic carbocycles. The Morgan fingerprint density at radius 3 is 2.56 bits per heavy atom. The molecule has 0 aromatic heterocycles. The van der Waals surface area contributed by atoms with Crippen molar-refractivity contribution in [2.45, 2.75) is 12.3 Å². The summed E-state index contributed by atoms with van der Waals surface area (Å²) >= 11 is 3.03. The Balaban J connectivity index is 2.35. The van der Waals surface area contributed by atoms with Crippen LogP contribution in [-0.4, -0.2) is 24.6 Å². The van der Waals surface area contributed by atoms with Gasteiger partial charge in [-0.1, -0.05) is 15.9 Å². The minimum absolute atomic E-state index is 0.243. The van der Waals surface area contributed by atoms with Crippen LogP contribution < -0.4 is 0 Å². The fraction of sp³-hybridized carbons (Fsp3) is 0.364. The molecule has 98 valence electrons. The van der Waals surface area contributed by atoms with Crippen molar-refractivity contribution in [3.05, 3.63) is 33.8 Å². The monoisotopic (exact) mass is 323 g/mol. The average molecular weight is 324 g/mol. The van der Waals surface area contributed by atoms with Crippen molar-refractivity contribution < 1.29 is 22.7 Å². The summed E-state index contributed by atoms with van der Waals surface area (Å²) in [5, 5.41) is 0. The zero-order chi connectivity index (χ0) is 13.5. The average Bonchev–Trinajstić information content (AvgIpc) is 2.57. The number of halogens is 4. The molecule has 2 rings (SSSR count). The highest BCUT2D eigenvalue weighted by Crippen LogP contribution is 2.35. The number of benzene rings is 1. The molecule has 0 N–H and O–H groups in total. The normalized spacial score (nSPS) is 20.2. The molecule has 0 aliphatic carbocycles. The van der Waals surface area contributed by atoms with Gasteiger partial charge in [0.2, 0.25) is 0 Å². The quantitative estimate of drug-likeness (QED) is 0.790. The van der Waals surface area contributed by atoms with Crippen LogP contribution in [0.4, 0.5) is 18.0 Å². The molecule has 1 saturated heterocycles. The number of amides is 1. The summed E-state index contributed by atoms with van der Waals surface area (Å²) in [5.74, 6) is 0. The minimum atomic E-state index is -4.42. The van der Waals surface area contributed by atoms with Crippen LogP contribution in [0.25, 0.3) is 0 Å². The van der Waals surface area contributed by atoms with Crippen LogP contribution >= 0.6 is 15.9 Å². The molecule has 1 atom stereocenters. The minimum Gasteiger partial charge on any atom is -0.439 e. The predicted octanol–water partition coefficient (Wildman–Crippen LogP) is 3.59. The Hall–Kier alpha value is -1.24. The summed E-state index contributed by atoms with van der Waals surface area (Å²) in [6.07, 6.45) is -5.62. The zero-order valence-electron chi connectivity index (χ0n) is 9.29. The van der Waals surface area contributed by atoms with Crippen molar-refractivity contribution in [2.75, 3.05) is 13.6 Å². The first-order chi connectivity index (χ1) is 8.27. The standard InChI is InChI=1S/C11H9BrF3NO2/c1-16-5-9(18-10(16)17)6-2-7(11(13,14)15)4-8(12)3-6/h2-4,9H,5H2,1H3. The Kier molecular flexibility index (Phi) is 3.27. The highest BCUT2D eigenvalue weighted by molar-refractivity contribution is 9.10. The van der Waals surface area contributed by atoms with E-state index in [0.717, 1.165) is 12.1 Å². The molecule has 18 heavy (non-hydrogen) atoms. The molecule has 0 bridgehead atoms. The van der Waals surface area contributed by atoms with Crippen LogP contribution in [0.5, 0.6) is 0 Å². The summed E-state index contributed by atoms with van der Waals surface area (Å²) in [5.41, 5.74) is -0.438. The number of carbonyl (C=O) groups is 1. The third-order valence-corrected chi connectivity index (χ3v) is 3.07. The second-order valence-corrected chi connectivity index (χ2v) is 4.94. The largest absolute Gasteiger partial charge is 0.439 e. The predicted molar refractivity (Wildman–Crippen MR) is 61.0 cm³/mol. The number of nitrogens with zero attached hydrogens (tertiary/aromatic N) is 1. The van der Waals surface area contributed by atoms with Crippen molar-refractivity contribution in [3.8, 4) is 0 Å². The lowest BCUT2D eigenvalue weighted by Crippen LogP contribution is -2.17. The third-order valence-electron chi connectivity index (χ3n) is 2.61. The number of hydrogen-bond donors (Lipinski definition) is 0. The highest BCUT2D eigenvalue weighted by Gasteiger charge is 2.34. The molecule has 7 heteroatoms. The van der Waals surface area contributed by atoms with Gasteiger partial charge in [-0.2, -0.15) is 13.2 Å². The van der Waals surface area contributed by atoms with E-state index < -0.39 is 23.9 Å². The van der Waals surface area contributed by atoms with Crippen molar-refractivity contribution in [3.63, 3.8) is 0 Å². The van der Waals surface area contributed by atoms with Gasteiger partial charge in [0, 0.05) is 11.5 Å². The van der Waals surface area contributed by atoms with Gasteiger partial charge < -0.3 is 9.64 Å². The van der Waals surface area contributed by atoms with Crippen LogP contribution in [-0.2, 0) is 10.9 Å². The molecule has 0 saturated carbocycles. The molecule has 1 amide bonds. The molecule has 1 unspecified atom stereocenters. The maximum Gasteiger partial charge on any atom is 0.416 e. The van der Waals surface area contributed by atoms with Crippen LogP contribution in [0.3, 0.4) is 0 Å². The van der Waals surface area contributed by atoms with Crippen LogP contribution in [0, 0.1) is 0 Å². The fourth-order valence-corrected chi connectivity index (χ4v) is 2.22. The van der Waals surface area contributed by atoms with E-state index in [4.69, 9.17) is 4.74 Å². The lowest BCUT2D eigenvalue weighted by Gasteiger charge is -2.13. The maximum absolute atomic E-state index is 12.6. The van der Waals surface area contributed by atoms with Crippen molar-refractivity contribution >= 4 is 22.0 Å². The Labute approximate surface area is 110 Å². The smallest absolute Gasteiger partial charge is 0.416 e. The number of alkyl halides is 3. The third kappa shape index (κ3) is 2.60. The van der Waals surface area contributed by atoms with Crippen LogP contribution in [0.15, 0.2) is 22.7 Å². The lowest BCUT2D eigenvalue weighted by atomic mass is 10.1. The van der Waals surface area contributed by atoms with E-state index in [-0.39, 0.29) is 6.54 Å². The number of cyclic esters (lactones) is 1. The fourth-order valence-electron chi connectivity index (χ4n) is 1.71. The van der Waals surface area contributed by atoms with E-state index in [1.165, 1.54) is 18.0 Å². The van der Waals surface area contributed by atoms with Gasteiger partial charge in [0.25, 0.3) is 0 Å². The molecule has 1 aliphatic rings. The van der Waals surface area contributed by atoms with Gasteiger partial charge >= 0.3 is 12.3 Å². The van der Waals surface area contributed by atoms with Crippen LogP contribution in [0.2, 0.25) is 0 Å². The van der Waals surface area contributed by atoms with E-state index in [2.05, 4.69) is 15.9 Å². The van der Waals surface area contributed by atoms with E-state index in [1.54, 1.807) is 0 Å². The Morgan fingerprint density at radius 2 is 2.06 bits per heavy atom. The van der Waals surface area contributed by atoms with Crippen molar-refractivity contribution in [2.24, 2.45) is 0 Å². The van der Waals surface area contributed by atoms with E-state index in [9.17, 15) is 18.0 Å². The molecule has 0 radical (unpaired) electrons. The Bertz CT molecular complexity index is 490. The van der Waals surface area contributed by atoms with E-state index >= 15 is 0 Å². The Morgan fingerprint density at radius 1 is 1.39 bits per heavy atom. The number of hydrogen-bond acceptors (Lipinski definition) is 2. The summed E-state index contributed by atoms with van der Waals surface area (Å²) in [6.45, 7) is 0.243. The summed E-state index contributed by atoms with van der Waals surface area (Å²) in [7, 11) is 1.53. The highest BCUT2D eigenvalue weighted by atomic mass is 79.9. The van der Waals surface area contributed by atoms with Crippen molar-refractivity contribution in [1.29, 1.82) is 0 Å². The molecule has 3 nitrogen and oxygen atoms in total. The number of ether oxygens (including phenoxy) is 1. The van der Waals surface area contributed by atoms with Gasteiger partial charge in [-0.25, -0.2) is 4.79 Å². The first-order valence-electron chi connectivity index (χ1n) is 5.07. The maximum atomic E-state index is 12.6. The van der Waals surface area contributed by atoms with Gasteiger partial charge in [-0.15, -0.1) is 0 Å². The molecule has 1 aromatic rings. The molecule has 0 spiro atoms. The molecule has 1 heterocycles. The molecule has 1 fully saturated rings. The first-order valence-corrected chi connectivity index (χ1v) is 5.86. The van der Waals surface area contributed by atoms with Gasteiger partial charge in [0.1, 0.15) is 6.10 Å².